The molecule has 0 aliphatic carbocycles. The molecule has 0 unspecified atom stereocenters. The fourth-order valence-corrected chi connectivity index (χ4v) is 2.72. The molecular weight excluding hydrogens is 386 g/mol. The van der Waals surface area contributed by atoms with Crippen LogP contribution < -0.4 is 10.9 Å². The molecule has 0 radical (unpaired) electrons. The van der Waals surface area contributed by atoms with Crippen LogP contribution in [0.15, 0.2) is 39.4 Å². The summed E-state index contributed by atoms with van der Waals surface area (Å²) in [6.45, 7) is 1.75. The third-order valence-corrected chi connectivity index (χ3v) is 4.06. The minimum Gasteiger partial charge on any atom is -0.449 e. The lowest BCUT2D eigenvalue weighted by atomic mass is 10.1. The Morgan fingerprint density at radius 3 is 2.65 bits per heavy atom. The summed E-state index contributed by atoms with van der Waals surface area (Å²) in [6, 6.07) is 6.86. The molecule has 8 heteroatoms. The van der Waals surface area contributed by atoms with Gasteiger partial charge in [-0.25, -0.2) is 0 Å². The zero-order chi connectivity index (χ0) is 16.6. The first kappa shape index (κ1) is 15.6. The van der Waals surface area contributed by atoms with Crippen molar-refractivity contribution in [3.63, 3.8) is 0 Å². The lowest BCUT2D eigenvalue weighted by Crippen LogP contribution is -2.41. The summed E-state index contributed by atoms with van der Waals surface area (Å²) < 4.78 is 6.26. The van der Waals surface area contributed by atoms with Crippen molar-refractivity contribution < 1.29 is 14.0 Å². The van der Waals surface area contributed by atoms with Crippen LogP contribution >= 0.6 is 27.5 Å². The second-order valence-electron chi connectivity index (χ2n) is 4.81. The smallest absolute Gasteiger partial charge is 0.305 e. The van der Waals surface area contributed by atoms with Crippen LogP contribution in [-0.2, 0) is 0 Å². The molecule has 2 aromatic heterocycles. The van der Waals surface area contributed by atoms with Crippen LogP contribution in [0.25, 0.3) is 11.0 Å². The summed E-state index contributed by atoms with van der Waals surface area (Å²) in [5.74, 6) is -0.939. The van der Waals surface area contributed by atoms with Crippen LogP contribution in [0.1, 0.15) is 26.6 Å². The van der Waals surface area contributed by atoms with Crippen LogP contribution in [0.5, 0.6) is 0 Å². The Balaban J connectivity index is 1.77. The van der Waals surface area contributed by atoms with Gasteiger partial charge in [0, 0.05) is 21.6 Å². The largest absolute Gasteiger partial charge is 0.449 e. The second-order valence-corrected chi connectivity index (χ2v) is 6.14. The number of nitrogens with one attached hydrogen (secondary N) is 3. The van der Waals surface area contributed by atoms with Gasteiger partial charge in [0.15, 0.2) is 11.3 Å². The predicted octanol–water partition coefficient (Wildman–Crippen LogP) is 3.56. The number of halogens is 2. The van der Waals surface area contributed by atoms with E-state index in [1.165, 1.54) is 0 Å². The molecule has 0 aliphatic heterocycles. The average Bonchev–Trinajstić information content (AvgIpc) is 3.10. The van der Waals surface area contributed by atoms with E-state index in [0.29, 0.717) is 21.9 Å². The Morgan fingerprint density at radius 2 is 2.00 bits per heavy atom. The summed E-state index contributed by atoms with van der Waals surface area (Å²) in [5, 5.41) is 1.17. The van der Waals surface area contributed by atoms with Gasteiger partial charge in [-0.1, -0.05) is 23.7 Å². The number of H-pyrrole nitrogens is 1. The van der Waals surface area contributed by atoms with Gasteiger partial charge in [-0.2, -0.15) is 0 Å². The molecule has 0 spiro atoms. The van der Waals surface area contributed by atoms with Gasteiger partial charge < -0.3 is 9.40 Å². The van der Waals surface area contributed by atoms with Gasteiger partial charge in [-0.05, 0) is 35.0 Å². The van der Waals surface area contributed by atoms with E-state index in [1.54, 1.807) is 31.3 Å². The van der Waals surface area contributed by atoms with E-state index >= 15 is 0 Å². The fraction of sp³-hybridized carbons (Fsp3) is 0.0667. The standard InChI is InChI=1S/C15H11BrClN3O3/c1-7-9-3-2-4-10(17)13(9)23-12(7)15(22)20-19-14(21)11-5-8(16)6-18-11/h2-6,18H,1H3,(H,19,21)(H,20,22). The van der Waals surface area contributed by atoms with Gasteiger partial charge in [0.25, 0.3) is 5.91 Å². The Bertz CT molecular complexity index is 916. The summed E-state index contributed by atoms with van der Waals surface area (Å²) in [4.78, 5) is 26.8. The average molecular weight is 397 g/mol. The highest BCUT2D eigenvalue weighted by molar-refractivity contribution is 9.10. The molecule has 23 heavy (non-hydrogen) atoms. The summed E-state index contributed by atoms with van der Waals surface area (Å²) in [5.41, 5.74) is 6.03. The predicted molar refractivity (Wildman–Crippen MR) is 89.4 cm³/mol. The van der Waals surface area contributed by atoms with E-state index in [1.807, 2.05) is 6.07 Å². The van der Waals surface area contributed by atoms with Crippen molar-refractivity contribution in [2.45, 2.75) is 6.92 Å². The van der Waals surface area contributed by atoms with Gasteiger partial charge in [-0.15, -0.1) is 0 Å². The quantitative estimate of drug-likeness (QED) is 0.579. The number of furan rings is 1. The van der Waals surface area contributed by atoms with Crippen molar-refractivity contribution in [2.24, 2.45) is 0 Å². The van der Waals surface area contributed by atoms with Crippen LogP contribution in [0, 0.1) is 6.92 Å². The first-order chi connectivity index (χ1) is 11.0. The van der Waals surface area contributed by atoms with E-state index in [0.717, 1.165) is 9.86 Å². The lowest BCUT2D eigenvalue weighted by Gasteiger charge is -2.05. The minimum atomic E-state index is -0.561. The number of carbonyl (C=O) groups excluding carboxylic acids is 2. The molecule has 0 atom stereocenters. The van der Waals surface area contributed by atoms with Crippen LogP contribution in [0.2, 0.25) is 5.02 Å². The Labute approximate surface area is 144 Å². The van der Waals surface area contributed by atoms with E-state index in [2.05, 4.69) is 31.8 Å². The highest BCUT2D eigenvalue weighted by Crippen LogP contribution is 2.30. The van der Waals surface area contributed by atoms with Gasteiger partial charge in [-0.3, -0.25) is 20.4 Å². The van der Waals surface area contributed by atoms with Crippen LogP contribution in [-0.4, -0.2) is 16.8 Å². The molecule has 0 saturated heterocycles. The number of aryl methyl sites for hydroxylation is 1. The van der Waals surface area contributed by atoms with Crippen molar-refractivity contribution in [1.82, 2.24) is 15.8 Å². The number of benzene rings is 1. The number of hydrazine groups is 1. The first-order valence-corrected chi connectivity index (χ1v) is 7.76. The summed E-state index contributed by atoms with van der Waals surface area (Å²) >= 11 is 9.28. The summed E-state index contributed by atoms with van der Waals surface area (Å²) in [7, 11) is 0. The van der Waals surface area contributed by atoms with Gasteiger partial charge >= 0.3 is 5.91 Å². The third kappa shape index (κ3) is 2.97. The molecule has 3 N–H and O–H groups in total. The van der Waals surface area contributed by atoms with Crippen molar-refractivity contribution in [3.8, 4) is 0 Å². The van der Waals surface area contributed by atoms with Crippen LogP contribution in [0.4, 0.5) is 0 Å². The van der Waals surface area contributed by atoms with Gasteiger partial charge in [0.05, 0.1) is 5.02 Å². The number of para-hydroxylation sites is 1. The van der Waals surface area contributed by atoms with Crippen LogP contribution in [0.3, 0.4) is 0 Å². The topological polar surface area (TPSA) is 87.1 Å². The normalized spacial score (nSPS) is 10.7. The fourth-order valence-electron chi connectivity index (χ4n) is 2.16. The number of carbonyl (C=O) groups is 2. The molecule has 2 heterocycles. The molecule has 0 saturated carbocycles. The molecule has 0 fully saturated rings. The second kappa shape index (κ2) is 6.10. The molecule has 0 aliphatic rings. The number of amides is 2. The maximum atomic E-state index is 12.2. The molecule has 118 valence electrons. The minimum absolute atomic E-state index is 0.0982. The molecular formula is C15H11BrClN3O3. The van der Waals surface area contributed by atoms with Gasteiger partial charge in [0.2, 0.25) is 0 Å². The monoisotopic (exact) mass is 395 g/mol. The van der Waals surface area contributed by atoms with E-state index < -0.39 is 11.8 Å². The van der Waals surface area contributed by atoms with E-state index in [9.17, 15) is 9.59 Å². The number of aromatic amines is 1. The Kier molecular flexibility index (Phi) is 4.14. The van der Waals surface area contributed by atoms with Crippen molar-refractivity contribution in [2.75, 3.05) is 0 Å². The zero-order valence-electron chi connectivity index (χ0n) is 11.9. The molecule has 3 aromatic rings. The van der Waals surface area contributed by atoms with Gasteiger partial charge in [0.1, 0.15) is 5.69 Å². The maximum absolute atomic E-state index is 12.2. The van der Waals surface area contributed by atoms with Crippen molar-refractivity contribution in [3.05, 3.63) is 57.0 Å². The molecule has 1 aromatic carbocycles. The summed E-state index contributed by atoms with van der Waals surface area (Å²) in [6.07, 6.45) is 1.61. The number of aromatic nitrogens is 1. The third-order valence-electron chi connectivity index (χ3n) is 3.30. The first-order valence-electron chi connectivity index (χ1n) is 6.59. The molecule has 2 amide bonds. The number of rotatable bonds is 2. The molecule has 6 nitrogen and oxygen atoms in total. The number of fused-ring (bicyclic) bond motifs is 1. The highest BCUT2D eigenvalue weighted by atomic mass is 79.9. The lowest BCUT2D eigenvalue weighted by molar-refractivity contribution is 0.0829. The zero-order valence-corrected chi connectivity index (χ0v) is 14.2. The van der Waals surface area contributed by atoms with Crippen molar-refractivity contribution in [1.29, 1.82) is 0 Å². The highest BCUT2D eigenvalue weighted by Gasteiger charge is 2.19. The molecule has 0 bridgehead atoms. The Morgan fingerprint density at radius 1 is 1.26 bits per heavy atom. The van der Waals surface area contributed by atoms with E-state index in [-0.39, 0.29) is 5.76 Å². The number of hydrogen-bond donors (Lipinski definition) is 3. The van der Waals surface area contributed by atoms with E-state index in [4.69, 9.17) is 16.0 Å². The maximum Gasteiger partial charge on any atom is 0.305 e. The number of hydrogen-bond acceptors (Lipinski definition) is 3. The van der Waals surface area contributed by atoms with Crippen molar-refractivity contribution >= 4 is 50.3 Å². The Hall–Kier alpha value is -2.25. The SMILES string of the molecule is Cc1c(C(=O)NNC(=O)c2cc(Br)c[nH]2)oc2c(Cl)cccc12. The molecule has 3 rings (SSSR count).